The van der Waals surface area contributed by atoms with Gasteiger partial charge >= 0.3 is 0 Å². The van der Waals surface area contributed by atoms with E-state index in [2.05, 4.69) is 508 Å². The van der Waals surface area contributed by atoms with Crippen LogP contribution in [-0.4, -0.2) is 67.8 Å². The second-order valence-electron chi connectivity index (χ2n) is 38.0. The van der Waals surface area contributed by atoms with Crippen LogP contribution in [-0.2, 0) is 0 Å². The number of hydrogen-bond donors (Lipinski definition) is 0. The Morgan fingerprint density at radius 3 is 0.754 bits per heavy atom. The fourth-order valence-corrected chi connectivity index (χ4v) is 31.8. The molecule has 0 N–H and O–H groups in total. The lowest BCUT2D eigenvalue weighted by Gasteiger charge is -2.22. The summed E-state index contributed by atoms with van der Waals surface area (Å²) in [4.78, 5) is 32.4. The number of aromatic nitrogens is 9. The van der Waals surface area contributed by atoms with Crippen LogP contribution >= 0.6 is 0 Å². The fourth-order valence-electron chi connectivity index (χ4n) is 22.1. The largest absolute Gasteiger partial charge is 0.309 e. The van der Waals surface area contributed by atoms with E-state index in [4.69, 9.17) is 29.9 Å². The molecule has 0 aliphatic carbocycles. The van der Waals surface area contributed by atoms with Crippen LogP contribution in [0.25, 0.3) is 218 Å². The van der Waals surface area contributed by atoms with E-state index >= 15 is 0 Å². The molecule has 0 atom stereocenters. The highest BCUT2D eigenvalue weighted by Gasteiger charge is 2.45. The number of benzene rings is 18. The second kappa shape index (κ2) is 33.4. The number of rotatable bonds is 12. The van der Waals surface area contributed by atoms with Gasteiger partial charge in [0.1, 0.15) is 24.2 Å². The summed E-state index contributed by atoms with van der Waals surface area (Å²) in [7, 11) is -6.13. The van der Waals surface area contributed by atoms with Gasteiger partial charge in [-0.15, -0.1) is 0 Å². The van der Waals surface area contributed by atoms with Crippen LogP contribution in [0.3, 0.4) is 0 Å². The first-order chi connectivity index (χ1) is 67.7. The second-order valence-corrected chi connectivity index (χ2v) is 50.8. The van der Waals surface area contributed by atoms with Crippen molar-refractivity contribution in [2.45, 2.75) is 39.3 Å². The smallest absolute Gasteiger partial charge is 0.160 e. The van der Waals surface area contributed by atoms with Crippen molar-refractivity contribution in [3.8, 4) is 152 Å². The molecule has 0 spiro atoms. The average molecular weight is 1820 g/mol. The van der Waals surface area contributed by atoms with Crippen LogP contribution in [0.15, 0.2) is 455 Å². The van der Waals surface area contributed by atoms with E-state index in [1.54, 1.807) is 0 Å². The molecule has 24 aromatic rings. The van der Waals surface area contributed by atoms with Crippen molar-refractivity contribution in [1.82, 2.24) is 43.6 Å². The molecule has 0 fully saturated rings. The molecule has 9 nitrogen and oxygen atoms in total. The van der Waals surface area contributed by atoms with Crippen LogP contribution < -0.4 is 31.1 Å². The standard InChI is InChI=1S/3C42H31N3Si/c1-46(2)38-23-12-10-21-34(38)40-41(46)39(30-17-13-16-29(26-30)28-14-5-3-6-15-28)43-42(44-40)31-24-25-37-35(27-31)33-20-9-11-22-36(33)45(37)32-18-7-4-8-19-32;1-46(2)38-20-12-10-18-34(38)40-41(46)39(30-15-7-4-8-16-30)43-42(44-40)31-23-26-37-35(27-31)33-17-9-11-19-36(33)45(37)32-24-21-29(22-25-32)28-13-5-3-6-14-28;1-46(2)38-20-12-10-18-34(38)40-41(46)39(30-23-21-29(22-24-30)28-13-5-3-6-14-28)43-42(44-40)31-25-26-37-35(27-31)33-17-9-11-19-36(33)45(37)32-15-7-4-8-16-32/h3*3-27H,1-2H3. The van der Waals surface area contributed by atoms with Gasteiger partial charge in [0.05, 0.1) is 67.3 Å². The summed E-state index contributed by atoms with van der Waals surface area (Å²) in [5.74, 6) is 2.30. The first-order valence-corrected chi connectivity index (χ1v) is 56.6. The van der Waals surface area contributed by atoms with Gasteiger partial charge in [-0.25, -0.2) is 29.9 Å². The summed E-state index contributed by atoms with van der Waals surface area (Å²) in [5, 5.41) is 15.5. The van der Waals surface area contributed by atoms with Crippen molar-refractivity contribution in [2.24, 2.45) is 0 Å². The van der Waals surface area contributed by atoms with E-state index in [-0.39, 0.29) is 0 Å². The Morgan fingerprint density at radius 1 is 0.159 bits per heavy atom. The minimum atomic E-state index is -2.07. The molecule has 9 heterocycles. The minimum Gasteiger partial charge on any atom is -0.309 e. The highest BCUT2D eigenvalue weighted by atomic mass is 28.3. The monoisotopic (exact) mass is 1820 g/mol. The van der Waals surface area contributed by atoms with Crippen molar-refractivity contribution in [3.05, 3.63) is 455 Å². The Balaban J connectivity index is 0.000000110. The van der Waals surface area contributed by atoms with Crippen molar-refractivity contribution < 1.29 is 0 Å². The van der Waals surface area contributed by atoms with Gasteiger partial charge in [-0.3, -0.25) is 0 Å². The predicted molar refractivity (Wildman–Crippen MR) is 585 cm³/mol. The van der Waals surface area contributed by atoms with Gasteiger partial charge in [0.2, 0.25) is 0 Å². The quantitative estimate of drug-likeness (QED) is 0.113. The zero-order valence-electron chi connectivity index (χ0n) is 77.3. The molecule has 0 bridgehead atoms. The molecule has 27 rings (SSSR count). The summed E-state index contributed by atoms with van der Waals surface area (Å²) in [6, 6.07) is 163. The van der Waals surface area contributed by atoms with E-state index in [0.717, 1.165) is 102 Å². The maximum Gasteiger partial charge on any atom is 0.160 e. The number of fused-ring (bicyclic) bond motifs is 18. The highest BCUT2D eigenvalue weighted by molar-refractivity contribution is 7.05. The first kappa shape index (κ1) is 83.1. The van der Waals surface area contributed by atoms with Gasteiger partial charge in [0, 0.05) is 82.8 Å². The molecule has 12 heteroatoms. The van der Waals surface area contributed by atoms with E-state index in [9.17, 15) is 0 Å². The molecule has 18 aromatic carbocycles. The minimum absolute atomic E-state index is 0.763. The summed E-state index contributed by atoms with van der Waals surface area (Å²) in [6.45, 7) is 14.6. The van der Waals surface area contributed by atoms with Gasteiger partial charge in [-0.2, -0.15) is 0 Å². The Hall–Kier alpha value is -16.7. The van der Waals surface area contributed by atoms with E-state index in [0.29, 0.717) is 0 Å². The van der Waals surface area contributed by atoms with Gasteiger partial charge in [0.15, 0.2) is 17.5 Å². The first-order valence-electron chi connectivity index (χ1n) is 47.6. The van der Waals surface area contributed by atoms with Gasteiger partial charge in [-0.05, 0) is 196 Å². The lowest BCUT2D eigenvalue weighted by molar-refractivity contribution is 1.18. The number of hydrogen-bond acceptors (Lipinski definition) is 6. The van der Waals surface area contributed by atoms with E-state index < -0.39 is 24.2 Å². The maximum absolute atomic E-state index is 5.47. The summed E-state index contributed by atoms with van der Waals surface area (Å²) >= 11 is 0. The molecule has 0 saturated heterocycles. The molecular weight excluding hydrogens is 1720 g/mol. The Morgan fingerprint density at radius 2 is 0.391 bits per heavy atom. The Bertz CT molecular complexity index is 8940. The maximum atomic E-state index is 5.47. The molecule has 3 aliphatic heterocycles. The van der Waals surface area contributed by atoms with Crippen molar-refractivity contribution >= 4 is 121 Å². The normalized spacial score (nSPS) is 13.2. The predicted octanol–water partition coefficient (Wildman–Crippen LogP) is 28.1. The molecule has 6 aromatic heterocycles. The zero-order chi connectivity index (χ0) is 92.5. The number of para-hydroxylation sites is 5. The SMILES string of the molecule is C[Si]1(C)c2ccccc2-c2nc(-c3ccc4c(c3)c3ccccc3n4-c3ccc(-c4ccccc4)cc3)nc(-c3ccccc3)c21.C[Si]1(C)c2ccccc2-c2nc(-c3ccc4c(c3)c3ccccc3n4-c3ccccc3)nc(-c3ccc(-c4ccccc4)cc3)c21.C[Si]1(C)c2ccccc2-c2nc(-c3ccc4c(c3)c3ccccc3n4-c3ccccc3)nc(-c3cccc(-c4ccccc4)c3)c21. The van der Waals surface area contributed by atoms with Gasteiger partial charge < -0.3 is 13.7 Å². The fraction of sp³-hybridized carbons (Fsp3) is 0.0476. The molecule has 0 radical (unpaired) electrons. The van der Waals surface area contributed by atoms with E-state index in [1.165, 1.54) is 147 Å². The van der Waals surface area contributed by atoms with Crippen LogP contribution in [0, 0.1) is 0 Å². The Labute approximate surface area is 804 Å². The molecule has 0 unspecified atom stereocenters. The highest BCUT2D eigenvalue weighted by Crippen LogP contribution is 2.44. The van der Waals surface area contributed by atoms with Crippen molar-refractivity contribution in [3.63, 3.8) is 0 Å². The topological polar surface area (TPSA) is 92.1 Å². The molecular formula is C126H93N9Si3. The molecule has 0 amide bonds. The number of nitrogens with zero attached hydrogens (tertiary/aromatic N) is 9. The molecule has 3 aliphatic rings. The van der Waals surface area contributed by atoms with Gasteiger partial charge in [-0.1, -0.05) is 379 Å². The summed E-state index contributed by atoms with van der Waals surface area (Å²) in [6.07, 6.45) is 0. The van der Waals surface area contributed by atoms with Crippen molar-refractivity contribution in [2.75, 3.05) is 0 Å². The van der Waals surface area contributed by atoms with Crippen LogP contribution in [0.1, 0.15) is 0 Å². The zero-order valence-corrected chi connectivity index (χ0v) is 80.3. The summed E-state index contributed by atoms with van der Waals surface area (Å²) in [5.41, 5.74) is 34.5. The lowest BCUT2D eigenvalue weighted by Crippen LogP contribution is -2.50. The van der Waals surface area contributed by atoms with Crippen molar-refractivity contribution in [1.29, 1.82) is 0 Å². The van der Waals surface area contributed by atoms with E-state index in [1.807, 2.05) is 0 Å². The average Bonchev–Trinajstić information content (AvgIpc) is 1.56. The molecule has 654 valence electrons. The molecule has 138 heavy (non-hydrogen) atoms. The third kappa shape index (κ3) is 13.9. The van der Waals surface area contributed by atoms with Gasteiger partial charge in [0.25, 0.3) is 0 Å². The van der Waals surface area contributed by atoms with Crippen LogP contribution in [0.5, 0.6) is 0 Å². The Kier molecular flexibility index (Phi) is 20.1. The van der Waals surface area contributed by atoms with Crippen LogP contribution in [0.2, 0.25) is 39.3 Å². The third-order valence-electron chi connectivity index (χ3n) is 28.8. The third-order valence-corrected chi connectivity index (χ3v) is 39.3. The van der Waals surface area contributed by atoms with Crippen LogP contribution in [0.4, 0.5) is 0 Å². The summed E-state index contributed by atoms with van der Waals surface area (Å²) < 4.78 is 7.07. The lowest BCUT2D eigenvalue weighted by atomic mass is 10.0. The molecule has 0 saturated carbocycles.